The van der Waals surface area contributed by atoms with Gasteiger partial charge in [-0.05, 0) is 36.1 Å². The summed E-state index contributed by atoms with van der Waals surface area (Å²) in [5.74, 6) is -1.26. The average Bonchev–Trinajstić information content (AvgIpc) is 3.11. The molecule has 3 amide bonds. The Morgan fingerprint density at radius 1 is 0.962 bits per heavy atom. The van der Waals surface area contributed by atoms with Gasteiger partial charge in [-0.3, -0.25) is 14.4 Å². The number of carbonyl (C=O) groups excluding carboxylic acids is 3. The Labute approximate surface area is 164 Å². The summed E-state index contributed by atoms with van der Waals surface area (Å²) in [4.78, 5) is 36.6. The van der Waals surface area contributed by atoms with Gasteiger partial charge in [0.15, 0.2) is 0 Å². The normalized spacial score (nSPS) is 10.2. The molecule has 6 nitrogen and oxygen atoms in total. The van der Waals surface area contributed by atoms with Crippen LogP contribution in [0.1, 0.15) is 15.2 Å². The number of amides is 3. The molecule has 138 valence electrons. The number of benzene rings is 1. The Bertz CT molecular complexity index is 782. The van der Waals surface area contributed by atoms with E-state index in [1.54, 1.807) is 11.3 Å². The Balaban J connectivity index is 1.65. The van der Waals surface area contributed by atoms with Crippen LogP contribution in [0.5, 0.6) is 0 Å². The van der Waals surface area contributed by atoms with Gasteiger partial charge in [0, 0.05) is 16.4 Å². The topological polar surface area (TPSA) is 87.3 Å². The number of carbonyl (C=O) groups is 3. The third-order valence-corrected chi connectivity index (χ3v) is 4.79. The molecule has 0 aliphatic heterocycles. The summed E-state index contributed by atoms with van der Waals surface area (Å²) >= 11 is 13.3. The molecule has 0 saturated heterocycles. The molecule has 1 heterocycles. The molecular weight excluding hydrogens is 397 g/mol. The van der Waals surface area contributed by atoms with E-state index in [0.29, 0.717) is 11.6 Å². The van der Waals surface area contributed by atoms with Gasteiger partial charge >= 0.3 is 0 Å². The lowest BCUT2D eigenvalue weighted by molar-refractivity contribution is -0.125. The second-order valence-corrected chi connectivity index (χ2v) is 7.14. The molecule has 0 bridgehead atoms. The molecule has 0 aliphatic rings. The average molecular weight is 414 g/mol. The zero-order chi connectivity index (χ0) is 18.9. The quantitative estimate of drug-likeness (QED) is 0.619. The van der Waals surface area contributed by atoms with Crippen molar-refractivity contribution in [3.63, 3.8) is 0 Å². The van der Waals surface area contributed by atoms with Crippen LogP contribution in [-0.2, 0) is 16.0 Å². The molecule has 0 atom stereocenters. The lowest BCUT2D eigenvalue weighted by Gasteiger charge is -2.08. The molecular formula is C17H17Cl2N3O3S. The molecule has 0 aliphatic carbocycles. The van der Waals surface area contributed by atoms with Crippen LogP contribution in [0.2, 0.25) is 10.0 Å². The van der Waals surface area contributed by atoms with Crippen LogP contribution in [0.3, 0.4) is 0 Å². The number of nitrogens with one attached hydrogen (secondary N) is 3. The molecule has 3 N–H and O–H groups in total. The van der Waals surface area contributed by atoms with E-state index in [0.717, 1.165) is 6.42 Å². The van der Waals surface area contributed by atoms with Crippen molar-refractivity contribution in [1.82, 2.24) is 16.0 Å². The summed E-state index contributed by atoms with van der Waals surface area (Å²) < 4.78 is 0. The molecule has 26 heavy (non-hydrogen) atoms. The minimum Gasteiger partial charge on any atom is -0.354 e. The lowest BCUT2D eigenvalue weighted by atomic mass is 10.2. The van der Waals surface area contributed by atoms with E-state index in [-0.39, 0.29) is 29.6 Å². The maximum absolute atomic E-state index is 12.0. The zero-order valence-corrected chi connectivity index (χ0v) is 16.0. The van der Waals surface area contributed by atoms with Crippen LogP contribution >= 0.6 is 34.5 Å². The third-order valence-electron chi connectivity index (χ3n) is 3.31. The monoisotopic (exact) mass is 413 g/mol. The number of thiophene rings is 1. The maximum Gasteiger partial charge on any atom is 0.253 e. The SMILES string of the molecule is O=C(CNC(=O)CNC(=O)c1ccc(Cl)cc1Cl)NCCc1cccs1. The molecule has 0 fully saturated rings. The molecule has 2 rings (SSSR count). The van der Waals surface area contributed by atoms with E-state index in [4.69, 9.17) is 23.2 Å². The van der Waals surface area contributed by atoms with E-state index in [1.165, 1.54) is 23.1 Å². The molecule has 0 saturated carbocycles. The highest BCUT2D eigenvalue weighted by atomic mass is 35.5. The van der Waals surface area contributed by atoms with Crippen molar-refractivity contribution in [2.24, 2.45) is 0 Å². The molecule has 0 spiro atoms. The first-order valence-electron chi connectivity index (χ1n) is 7.74. The smallest absolute Gasteiger partial charge is 0.253 e. The van der Waals surface area contributed by atoms with E-state index in [2.05, 4.69) is 16.0 Å². The second-order valence-electron chi connectivity index (χ2n) is 5.26. The van der Waals surface area contributed by atoms with Crippen LogP contribution in [0.25, 0.3) is 0 Å². The van der Waals surface area contributed by atoms with Crippen molar-refractivity contribution in [2.75, 3.05) is 19.6 Å². The van der Waals surface area contributed by atoms with Crippen LogP contribution in [0, 0.1) is 0 Å². The van der Waals surface area contributed by atoms with Crippen LogP contribution < -0.4 is 16.0 Å². The van der Waals surface area contributed by atoms with E-state index in [9.17, 15) is 14.4 Å². The highest BCUT2D eigenvalue weighted by Crippen LogP contribution is 2.20. The summed E-state index contributed by atoms with van der Waals surface area (Å²) in [6, 6.07) is 8.39. The van der Waals surface area contributed by atoms with Crippen molar-refractivity contribution in [2.45, 2.75) is 6.42 Å². The van der Waals surface area contributed by atoms with E-state index < -0.39 is 11.8 Å². The minimum absolute atomic E-state index is 0.152. The summed E-state index contributed by atoms with van der Waals surface area (Å²) in [6.45, 7) is 0.0854. The van der Waals surface area contributed by atoms with Crippen molar-refractivity contribution in [3.8, 4) is 0 Å². The first-order chi connectivity index (χ1) is 12.5. The Hall–Kier alpha value is -2.09. The fourth-order valence-corrected chi connectivity index (χ4v) is 3.22. The first-order valence-corrected chi connectivity index (χ1v) is 9.38. The van der Waals surface area contributed by atoms with Gasteiger partial charge < -0.3 is 16.0 Å². The number of rotatable bonds is 8. The Morgan fingerprint density at radius 3 is 2.38 bits per heavy atom. The maximum atomic E-state index is 12.0. The Kier molecular flexibility index (Phi) is 7.90. The van der Waals surface area contributed by atoms with Crippen molar-refractivity contribution >= 4 is 52.3 Å². The van der Waals surface area contributed by atoms with Gasteiger partial charge in [-0.1, -0.05) is 29.3 Å². The van der Waals surface area contributed by atoms with Crippen molar-refractivity contribution < 1.29 is 14.4 Å². The molecule has 0 radical (unpaired) electrons. The highest BCUT2D eigenvalue weighted by Gasteiger charge is 2.12. The summed E-state index contributed by atoms with van der Waals surface area (Å²) in [5.41, 5.74) is 0.218. The van der Waals surface area contributed by atoms with E-state index in [1.807, 2.05) is 17.5 Å². The summed E-state index contributed by atoms with van der Waals surface area (Å²) in [6.07, 6.45) is 0.745. The molecule has 1 aromatic carbocycles. The number of hydrogen-bond donors (Lipinski definition) is 3. The Morgan fingerprint density at radius 2 is 1.69 bits per heavy atom. The van der Waals surface area contributed by atoms with Crippen molar-refractivity contribution in [3.05, 3.63) is 56.2 Å². The van der Waals surface area contributed by atoms with Gasteiger partial charge in [0.2, 0.25) is 11.8 Å². The van der Waals surface area contributed by atoms with Gasteiger partial charge in [-0.2, -0.15) is 0 Å². The lowest BCUT2D eigenvalue weighted by Crippen LogP contribution is -2.42. The summed E-state index contributed by atoms with van der Waals surface area (Å²) in [5, 5.41) is 10.2. The third kappa shape index (κ3) is 6.67. The van der Waals surface area contributed by atoms with Gasteiger partial charge in [-0.15, -0.1) is 11.3 Å². The van der Waals surface area contributed by atoms with Crippen LogP contribution in [0.4, 0.5) is 0 Å². The van der Waals surface area contributed by atoms with Gasteiger partial charge in [-0.25, -0.2) is 0 Å². The second kappa shape index (κ2) is 10.2. The fraction of sp³-hybridized carbons (Fsp3) is 0.235. The van der Waals surface area contributed by atoms with Crippen LogP contribution in [-0.4, -0.2) is 37.4 Å². The number of halogens is 2. The largest absolute Gasteiger partial charge is 0.354 e. The zero-order valence-electron chi connectivity index (χ0n) is 13.7. The van der Waals surface area contributed by atoms with Crippen LogP contribution in [0.15, 0.2) is 35.7 Å². The minimum atomic E-state index is -0.498. The predicted octanol–water partition coefficient (Wildman–Crippen LogP) is 2.26. The molecule has 1 aromatic heterocycles. The number of hydrogen-bond acceptors (Lipinski definition) is 4. The molecule has 9 heteroatoms. The van der Waals surface area contributed by atoms with E-state index >= 15 is 0 Å². The fourth-order valence-electron chi connectivity index (χ4n) is 2.01. The van der Waals surface area contributed by atoms with Gasteiger partial charge in [0.1, 0.15) is 0 Å². The van der Waals surface area contributed by atoms with Gasteiger partial charge in [0.05, 0.1) is 23.7 Å². The molecule has 0 unspecified atom stereocenters. The molecule has 2 aromatic rings. The predicted molar refractivity (Wildman–Crippen MR) is 103 cm³/mol. The summed E-state index contributed by atoms with van der Waals surface area (Å²) in [7, 11) is 0. The van der Waals surface area contributed by atoms with Crippen molar-refractivity contribution in [1.29, 1.82) is 0 Å². The standard InChI is InChI=1S/C17H17Cl2N3O3S/c18-11-3-4-13(14(19)8-11)17(25)22-10-16(24)21-9-15(23)20-6-5-12-2-1-7-26-12/h1-4,7-8H,5-6,9-10H2,(H,20,23)(H,21,24)(H,22,25). The first kappa shape index (κ1) is 20.2. The van der Waals surface area contributed by atoms with Gasteiger partial charge in [0.25, 0.3) is 5.91 Å². The highest BCUT2D eigenvalue weighted by molar-refractivity contribution is 7.09.